The molecule has 4 rings (SSSR count). The summed E-state index contributed by atoms with van der Waals surface area (Å²) >= 11 is 11.0. The highest BCUT2D eigenvalue weighted by atomic mass is 35.5. The van der Waals surface area contributed by atoms with Crippen LogP contribution in [0.2, 0.25) is 5.02 Å². The lowest BCUT2D eigenvalue weighted by atomic mass is 10.1. The van der Waals surface area contributed by atoms with Gasteiger partial charge in [0.05, 0.1) is 10.7 Å². The molecule has 3 aromatic carbocycles. The van der Waals surface area contributed by atoms with E-state index in [2.05, 4.69) is 10.1 Å². The standard InChI is InChI=1S/C24H14ClF3N2O4S/c25-19-13-14(6-11-20(19)34-24(26,27)28)12-18-21(31)29-23(35)30(22(18)32)15-7-9-17(10-8-15)33-16-4-2-1-3-5-16/h1-13H,(H,29,31,35)/b18-12+. The molecule has 0 spiro atoms. The lowest BCUT2D eigenvalue weighted by Crippen LogP contribution is -2.54. The fraction of sp³-hybridized carbons (Fsp3) is 0.0417. The van der Waals surface area contributed by atoms with Gasteiger partial charge in [-0.15, -0.1) is 13.2 Å². The number of hydrogen-bond donors (Lipinski definition) is 1. The maximum Gasteiger partial charge on any atom is 0.573 e. The number of carbonyl (C=O) groups excluding carboxylic acids is 2. The van der Waals surface area contributed by atoms with Gasteiger partial charge in [0.1, 0.15) is 22.8 Å². The molecule has 1 heterocycles. The minimum absolute atomic E-state index is 0.124. The van der Waals surface area contributed by atoms with Gasteiger partial charge in [0, 0.05) is 0 Å². The molecule has 35 heavy (non-hydrogen) atoms. The second-order valence-electron chi connectivity index (χ2n) is 7.10. The van der Waals surface area contributed by atoms with Crippen LogP contribution in [0.3, 0.4) is 0 Å². The van der Waals surface area contributed by atoms with Crippen molar-refractivity contribution in [3.63, 3.8) is 0 Å². The van der Waals surface area contributed by atoms with Crippen molar-refractivity contribution < 1.29 is 32.2 Å². The molecule has 1 aliphatic rings. The highest BCUT2D eigenvalue weighted by Gasteiger charge is 2.35. The van der Waals surface area contributed by atoms with E-state index in [1.807, 2.05) is 18.2 Å². The van der Waals surface area contributed by atoms with E-state index in [4.69, 9.17) is 28.6 Å². The van der Waals surface area contributed by atoms with E-state index in [0.717, 1.165) is 17.0 Å². The first-order chi connectivity index (χ1) is 16.6. The fourth-order valence-corrected chi connectivity index (χ4v) is 3.67. The normalized spacial score (nSPS) is 15.3. The summed E-state index contributed by atoms with van der Waals surface area (Å²) in [6, 6.07) is 18.9. The van der Waals surface area contributed by atoms with Gasteiger partial charge >= 0.3 is 6.36 Å². The molecule has 0 bridgehead atoms. The smallest absolute Gasteiger partial charge is 0.457 e. The third-order valence-electron chi connectivity index (χ3n) is 4.67. The highest BCUT2D eigenvalue weighted by molar-refractivity contribution is 7.80. The number of hydrogen-bond acceptors (Lipinski definition) is 5. The van der Waals surface area contributed by atoms with Crippen LogP contribution in [0.1, 0.15) is 5.56 Å². The van der Waals surface area contributed by atoms with Crippen molar-refractivity contribution >= 4 is 52.5 Å². The summed E-state index contributed by atoms with van der Waals surface area (Å²) in [7, 11) is 0. The molecule has 11 heteroatoms. The molecule has 178 valence electrons. The summed E-state index contributed by atoms with van der Waals surface area (Å²) < 4.78 is 46.9. The Balaban J connectivity index is 1.58. The SMILES string of the molecule is O=C1NC(=S)N(c2ccc(Oc3ccccc3)cc2)C(=O)/C1=C/c1ccc(OC(F)(F)F)c(Cl)c1. The first-order valence-corrected chi connectivity index (χ1v) is 10.7. The average molecular weight is 519 g/mol. The molecule has 0 saturated carbocycles. The molecule has 1 fully saturated rings. The number of thiocarbonyl (C=S) groups is 1. The number of alkyl halides is 3. The summed E-state index contributed by atoms with van der Waals surface area (Å²) in [5.41, 5.74) is 0.296. The van der Waals surface area contributed by atoms with Gasteiger partial charge in [-0.3, -0.25) is 19.8 Å². The second kappa shape index (κ2) is 9.77. The van der Waals surface area contributed by atoms with Gasteiger partial charge in [0.2, 0.25) is 0 Å². The van der Waals surface area contributed by atoms with Crippen molar-refractivity contribution in [3.05, 3.63) is 89.0 Å². The van der Waals surface area contributed by atoms with Gasteiger partial charge in [-0.1, -0.05) is 35.9 Å². The van der Waals surface area contributed by atoms with Crippen molar-refractivity contribution in [2.45, 2.75) is 6.36 Å². The topological polar surface area (TPSA) is 67.9 Å². The fourth-order valence-electron chi connectivity index (χ4n) is 3.16. The molecule has 0 aromatic heterocycles. The first kappa shape index (κ1) is 24.2. The average Bonchev–Trinajstić information content (AvgIpc) is 2.79. The van der Waals surface area contributed by atoms with Crippen molar-refractivity contribution in [1.82, 2.24) is 5.32 Å². The second-order valence-corrected chi connectivity index (χ2v) is 7.90. The Morgan fingerprint density at radius 1 is 0.943 bits per heavy atom. The van der Waals surface area contributed by atoms with Gasteiger partial charge in [0.15, 0.2) is 5.11 Å². The van der Waals surface area contributed by atoms with Crippen molar-refractivity contribution in [3.8, 4) is 17.2 Å². The predicted molar refractivity (Wildman–Crippen MR) is 127 cm³/mol. The summed E-state index contributed by atoms with van der Waals surface area (Å²) in [6.07, 6.45) is -3.72. The molecule has 1 aliphatic heterocycles. The molecule has 2 amide bonds. The van der Waals surface area contributed by atoms with E-state index in [1.165, 1.54) is 12.1 Å². The Morgan fingerprint density at radius 2 is 1.60 bits per heavy atom. The highest BCUT2D eigenvalue weighted by Crippen LogP contribution is 2.32. The number of ether oxygens (including phenoxy) is 2. The van der Waals surface area contributed by atoms with E-state index < -0.39 is 23.9 Å². The van der Waals surface area contributed by atoms with Crippen molar-refractivity contribution in [2.75, 3.05) is 4.90 Å². The van der Waals surface area contributed by atoms with Gasteiger partial charge in [-0.05, 0) is 72.4 Å². The van der Waals surface area contributed by atoms with Crippen molar-refractivity contribution in [1.29, 1.82) is 0 Å². The Labute approximate surface area is 207 Å². The predicted octanol–water partition coefficient (Wildman–Crippen LogP) is 5.86. The number of halogens is 4. The number of nitrogens with zero attached hydrogens (tertiary/aromatic N) is 1. The molecular formula is C24H14ClF3N2O4S. The Morgan fingerprint density at radius 3 is 2.23 bits per heavy atom. The number of rotatable bonds is 5. The lowest BCUT2D eigenvalue weighted by Gasteiger charge is -2.29. The van der Waals surface area contributed by atoms with Crippen molar-refractivity contribution in [2.24, 2.45) is 0 Å². The zero-order chi connectivity index (χ0) is 25.2. The lowest BCUT2D eigenvalue weighted by molar-refractivity contribution is -0.274. The maximum atomic E-state index is 13.1. The van der Waals surface area contributed by atoms with E-state index in [-0.39, 0.29) is 21.3 Å². The maximum absolute atomic E-state index is 13.1. The van der Waals surface area contributed by atoms with E-state index in [0.29, 0.717) is 17.2 Å². The first-order valence-electron chi connectivity index (χ1n) is 9.90. The van der Waals surface area contributed by atoms with Crippen LogP contribution in [0.4, 0.5) is 18.9 Å². The zero-order valence-electron chi connectivity index (χ0n) is 17.5. The Kier molecular flexibility index (Phi) is 6.77. The Bertz CT molecular complexity index is 1330. The molecule has 6 nitrogen and oxygen atoms in total. The number of anilines is 1. The molecule has 3 aromatic rings. The number of benzene rings is 3. The van der Waals surface area contributed by atoms with Crippen LogP contribution in [-0.2, 0) is 9.59 Å². The van der Waals surface area contributed by atoms with Gasteiger partial charge < -0.3 is 9.47 Å². The van der Waals surface area contributed by atoms with Crippen LogP contribution in [0.15, 0.2) is 78.4 Å². The summed E-state index contributed by atoms with van der Waals surface area (Å²) in [5.74, 6) is -0.936. The minimum Gasteiger partial charge on any atom is -0.457 e. The van der Waals surface area contributed by atoms with Gasteiger partial charge in [0.25, 0.3) is 11.8 Å². The van der Waals surface area contributed by atoms with Crippen LogP contribution in [0.5, 0.6) is 17.2 Å². The van der Waals surface area contributed by atoms with E-state index in [1.54, 1.807) is 36.4 Å². The largest absolute Gasteiger partial charge is 0.573 e. The molecule has 0 unspecified atom stereocenters. The van der Waals surface area contributed by atoms with Gasteiger partial charge in [-0.25, -0.2) is 0 Å². The van der Waals surface area contributed by atoms with Crippen LogP contribution >= 0.6 is 23.8 Å². The molecule has 1 saturated heterocycles. The van der Waals surface area contributed by atoms with Crippen LogP contribution < -0.4 is 19.7 Å². The Hall–Kier alpha value is -3.89. The van der Waals surface area contributed by atoms with Gasteiger partial charge in [-0.2, -0.15) is 0 Å². The monoisotopic (exact) mass is 518 g/mol. The number of carbonyl (C=O) groups is 2. The summed E-state index contributed by atoms with van der Waals surface area (Å²) in [6.45, 7) is 0. The van der Waals surface area contributed by atoms with E-state index in [9.17, 15) is 22.8 Å². The minimum atomic E-state index is -4.92. The molecule has 1 N–H and O–H groups in total. The number of amides is 2. The molecule has 0 radical (unpaired) electrons. The molecule has 0 aliphatic carbocycles. The zero-order valence-corrected chi connectivity index (χ0v) is 19.1. The quantitative estimate of drug-likeness (QED) is 0.260. The summed E-state index contributed by atoms with van der Waals surface area (Å²) in [4.78, 5) is 26.7. The summed E-state index contributed by atoms with van der Waals surface area (Å²) in [5, 5.41) is 1.96. The van der Waals surface area contributed by atoms with E-state index >= 15 is 0 Å². The van der Waals surface area contributed by atoms with Crippen LogP contribution in [0, 0.1) is 0 Å². The number of para-hydroxylation sites is 1. The molecule has 0 atom stereocenters. The number of nitrogens with one attached hydrogen (secondary N) is 1. The van der Waals surface area contributed by atoms with Crippen LogP contribution in [-0.4, -0.2) is 23.3 Å². The van der Waals surface area contributed by atoms with Crippen LogP contribution in [0.25, 0.3) is 6.08 Å². The third-order valence-corrected chi connectivity index (χ3v) is 5.25. The molecular weight excluding hydrogens is 505 g/mol. The third kappa shape index (κ3) is 5.79.